The zero-order chi connectivity index (χ0) is 14.4. The summed E-state index contributed by atoms with van der Waals surface area (Å²) in [7, 11) is 0. The minimum absolute atomic E-state index is 0.164. The minimum atomic E-state index is 0.164. The Hall–Kier alpha value is -0.650. The van der Waals surface area contributed by atoms with Crippen molar-refractivity contribution >= 4 is 5.91 Å². The highest BCUT2D eigenvalue weighted by Gasteiger charge is 2.31. The van der Waals surface area contributed by atoms with Gasteiger partial charge in [-0.1, -0.05) is 13.3 Å². The maximum absolute atomic E-state index is 12.2. The van der Waals surface area contributed by atoms with Crippen molar-refractivity contribution in [3.63, 3.8) is 0 Å². The third-order valence-corrected chi connectivity index (χ3v) is 4.94. The first kappa shape index (κ1) is 15.7. The molecule has 2 rings (SSSR count). The highest BCUT2D eigenvalue weighted by atomic mass is 16.1. The summed E-state index contributed by atoms with van der Waals surface area (Å²) in [6.07, 6.45) is 3.29. The van der Waals surface area contributed by atoms with Gasteiger partial charge in [0.25, 0.3) is 0 Å². The Morgan fingerprint density at radius 1 is 1.20 bits per heavy atom. The summed E-state index contributed by atoms with van der Waals surface area (Å²) in [6.45, 7) is 10.3. The van der Waals surface area contributed by atoms with E-state index >= 15 is 0 Å². The number of nitrogens with one attached hydrogen (secondary N) is 1. The molecule has 2 fully saturated rings. The first-order valence-corrected chi connectivity index (χ1v) is 8.17. The molecular weight excluding hydrogens is 252 g/mol. The van der Waals surface area contributed by atoms with Gasteiger partial charge in [0.2, 0.25) is 5.91 Å². The Kier molecular flexibility index (Phi) is 6.26. The van der Waals surface area contributed by atoms with Crippen LogP contribution in [0.15, 0.2) is 0 Å². The van der Waals surface area contributed by atoms with E-state index < -0.39 is 0 Å². The molecule has 0 aromatic heterocycles. The van der Waals surface area contributed by atoms with E-state index in [0.29, 0.717) is 12.5 Å². The van der Waals surface area contributed by atoms with Crippen molar-refractivity contribution in [1.82, 2.24) is 15.1 Å². The summed E-state index contributed by atoms with van der Waals surface area (Å²) < 4.78 is 0. The van der Waals surface area contributed by atoms with Gasteiger partial charge in [-0.25, -0.2) is 0 Å². The van der Waals surface area contributed by atoms with Gasteiger partial charge in [-0.05, 0) is 31.8 Å². The molecule has 2 atom stereocenters. The van der Waals surface area contributed by atoms with Crippen LogP contribution < -0.4 is 11.1 Å². The molecule has 1 heterocycles. The predicted molar refractivity (Wildman–Crippen MR) is 81.4 cm³/mol. The van der Waals surface area contributed by atoms with Gasteiger partial charge < -0.3 is 16.0 Å². The summed E-state index contributed by atoms with van der Waals surface area (Å²) in [6, 6.07) is 0. The van der Waals surface area contributed by atoms with Crippen LogP contribution in [-0.4, -0.2) is 68.1 Å². The summed E-state index contributed by atoms with van der Waals surface area (Å²) in [5.74, 6) is 0.796. The second kappa shape index (κ2) is 7.96. The molecule has 0 unspecified atom stereocenters. The first-order valence-electron chi connectivity index (χ1n) is 8.17. The number of piperazine rings is 1. The van der Waals surface area contributed by atoms with Crippen molar-refractivity contribution in [3.05, 3.63) is 0 Å². The number of hydrogen-bond acceptors (Lipinski definition) is 4. The monoisotopic (exact) mass is 282 g/mol. The number of rotatable bonds is 6. The van der Waals surface area contributed by atoms with Gasteiger partial charge in [0.15, 0.2) is 0 Å². The van der Waals surface area contributed by atoms with Crippen molar-refractivity contribution in [1.29, 1.82) is 0 Å². The average Bonchev–Trinajstić information content (AvgIpc) is 2.96. The predicted octanol–water partition coefficient (Wildman–Crippen LogP) is 0.115. The van der Waals surface area contributed by atoms with E-state index in [4.69, 9.17) is 5.73 Å². The Balaban J connectivity index is 1.62. The van der Waals surface area contributed by atoms with Gasteiger partial charge in [-0.2, -0.15) is 0 Å². The van der Waals surface area contributed by atoms with Gasteiger partial charge in [-0.3, -0.25) is 9.69 Å². The van der Waals surface area contributed by atoms with Crippen molar-refractivity contribution in [2.45, 2.75) is 26.2 Å². The average molecular weight is 282 g/mol. The summed E-state index contributed by atoms with van der Waals surface area (Å²) in [4.78, 5) is 17.1. The number of carbonyl (C=O) groups is 1. The highest BCUT2D eigenvalue weighted by Crippen LogP contribution is 2.30. The fraction of sp³-hybridized carbons (Fsp3) is 0.933. The van der Waals surface area contributed by atoms with Gasteiger partial charge in [0, 0.05) is 45.2 Å². The second-order valence-electron chi connectivity index (χ2n) is 6.10. The zero-order valence-corrected chi connectivity index (χ0v) is 12.8. The molecule has 5 heteroatoms. The molecule has 1 saturated heterocycles. The third kappa shape index (κ3) is 4.17. The Morgan fingerprint density at radius 2 is 1.90 bits per heavy atom. The Morgan fingerprint density at radius 3 is 2.55 bits per heavy atom. The molecule has 1 amide bonds. The van der Waals surface area contributed by atoms with E-state index in [2.05, 4.69) is 22.0 Å². The van der Waals surface area contributed by atoms with Crippen LogP contribution in [0, 0.1) is 11.8 Å². The van der Waals surface area contributed by atoms with Crippen molar-refractivity contribution in [3.8, 4) is 0 Å². The lowest BCUT2D eigenvalue weighted by atomic mass is 9.95. The molecule has 0 aromatic carbocycles. The van der Waals surface area contributed by atoms with Gasteiger partial charge in [-0.15, -0.1) is 0 Å². The molecule has 0 aromatic rings. The molecular formula is C15H30N4O. The molecule has 1 aliphatic heterocycles. The molecule has 1 saturated carbocycles. The fourth-order valence-electron chi connectivity index (χ4n) is 3.46. The van der Waals surface area contributed by atoms with Crippen LogP contribution in [0.1, 0.15) is 26.2 Å². The maximum Gasteiger partial charge on any atom is 0.223 e. The summed E-state index contributed by atoms with van der Waals surface area (Å²) in [5, 5.41) is 3.11. The summed E-state index contributed by atoms with van der Waals surface area (Å²) in [5.41, 5.74) is 5.74. The zero-order valence-electron chi connectivity index (χ0n) is 12.8. The van der Waals surface area contributed by atoms with Crippen LogP contribution >= 0.6 is 0 Å². The molecule has 3 N–H and O–H groups in total. The summed E-state index contributed by atoms with van der Waals surface area (Å²) >= 11 is 0. The van der Waals surface area contributed by atoms with Crippen molar-refractivity contribution in [2.24, 2.45) is 17.6 Å². The van der Waals surface area contributed by atoms with E-state index in [9.17, 15) is 4.79 Å². The quantitative estimate of drug-likeness (QED) is 0.726. The molecule has 116 valence electrons. The molecule has 0 radical (unpaired) electrons. The van der Waals surface area contributed by atoms with Gasteiger partial charge in [0.05, 0.1) is 0 Å². The van der Waals surface area contributed by atoms with Gasteiger partial charge >= 0.3 is 0 Å². The number of hydrogen-bond donors (Lipinski definition) is 2. The normalized spacial score (nSPS) is 28.7. The lowest BCUT2D eigenvalue weighted by Gasteiger charge is -2.34. The SMILES string of the molecule is CCN1CCN(CCNC(=O)[C@@H]2CCC[C@@H]2CN)CC1. The van der Waals surface area contributed by atoms with Crippen molar-refractivity contribution < 1.29 is 4.79 Å². The van der Waals surface area contributed by atoms with Gasteiger partial charge in [0.1, 0.15) is 0 Å². The van der Waals surface area contributed by atoms with Crippen molar-refractivity contribution in [2.75, 3.05) is 52.4 Å². The third-order valence-electron chi connectivity index (χ3n) is 4.94. The Labute approximate surface area is 122 Å². The highest BCUT2D eigenvalue weighted by molar-refractivity contribution is 5.79. The first-order chi connectivity index (χ1) is 9.74. The van der Waals surface area contributed by atoms with E-state index in [1.807, 2.05) is 0 Å². The minimum Gasteiger partial charge on any atom is -0.355 e. The largest absolute Gasteiger partial charge is 0.355 e. The van der Waals surface area contributed by atoms with Crippen LogP contribution in [-0.2, 0) is 4.79 Å². The smallest absolute Gasteiger partial charge is 0.223 e. The van der Waals surface area contributed by atoms with Crippen LogP contribution in [0.4, 0.5) is 0 Å². The van der Waals surface area contributed by atoms with Crippen LogP contribution in [0.3, 0.4) is 0 Å². The topological polar surface area (TPSA) is 61.6 Å². The number of amides is 1. The number of nitrogens with zero attached hydrogens (tertiary/aromatic N) is 2. The molecule has 0 bridgehead atoms. The van der Waals surface area contributed by atoms with Crippen LogP contribution in [0.2, 0.25) is 0 Å². The molecule has 0 spiro atoms. The van der Waals surface area contributed by atoms with E-state index in [-0.39, 0.29) is 11.8 Å². The fourth-order valence-corrected chi connectivity index (χ4v) is 3.46. The maximum atomic E-state index is 12.2. The lowest BCUT2D eigenvalue weighted by molar-refractivity contribution is -0.126. The molecule has 2 aliphatic rings. The second-order valence-corrected chi connectivity index (χ2v) is 6.10. The lowest BCUT2D eigenvalue weighted by Crippen LogP contribution is -2.48. The van der Waals surface area contributed by atoms with E-state index in [1.54, 1.807) is 0 Å². The van der Waals surface area contributed by atoms with E-state index in [0.717, 1.165) is 65.1 Å². The number of likely N-dealkylation sites (N-methyl/N-ethyl adjacent to an activating group) is 1. The number of carbonyl (C=O) groups excluding carboxylic acids is 1. The number of nitrogens with two attached hydrogens (primary N) is 1. The standard InChI is InChI=1S/C15H30N4O/c1-2-18-8-10-19(11-9-18)7-6-17-15(20)14-5-3-4-13(14)12-16/h13-14H,2-12,16H2,1H3,(H,17,20)/t13-,14-/m1/s1. The van der Waals surface area contributed by atoms with Crippen LogP contribution in [0.5, 0.6) is 0 Å². The van der Waals surface area contributed by atoms with Crippen LogP contribution in [0.25, 0.3) is 0 Å². The molecule has 20 heavy (non-hydrogen) atoms. The molecule has 5 nitrogen and oxygen atoms in total. The Bertz CT molecular complexity index is 302. The van der Waals surface area contributed by atoms with E-state index in [1.165, 1.54) is 0 Å². The molecule has 1 aliphatic carbocycles.